The van der Waals surface area contributed by atoms with Crippen LogP contribution in [0.3, 0.4) is 0 Å². The van der Waals surface area contributed by atoms with Crippen molar-refractivity contribution in [3.05, 3.63) is 11.4 Å². The van der Waals surface area contributed by atoms with Crippen LogP contribution in [-0.4, -0.2) is 33.5 Å². The molecule has 0 fully saturated rings. The summed E-state index contributed by atoms with van der Waals surface area (Å²) < 4.78 is 0. The second kappa shape index (κ2) is 7.27. The van der Waals surface area contributed by atoms with Crippen LogP contribution >= 0.6 is 11.8 Å². The Balaban J connectivity index is 3.16. The van der Waals surface area contributed by atoms with Crippen molar-refractivity contribution in [2.45, 2.75) is 63.7 Å². The van der Waals surface area contributed by atoms with Crippen molar-refractivity contribution in [2.75, 3.05) is 18.5 Å². The second-order valence-electron chi connectivity index (χ2n) is 6.05. The zero-order valence-corrected chi connectivity index (χ0v) is 14.3. The molecule has 5 heteroatoms. The smallest absolute Gasteiger partial charge is 0.137 e. The van der Waals surface area contributed by atoms with Crippen LogP contribution in [0.4, 0.5) is 5.82 Å². The van der Waals surface area contributed by atoms with Crippen LogP contribution in [0.1, 0.15) is 52.4 Å². The normalized spacial score (nSPS) is 13.3. The molecule has 1 rings (SSSR count). The standard InChI is InChI=1S/C15H27N3OS/c1-7-16-12-11(3)13(20-10(2)8-9-19)18-14(17-12)15(4,5)6/h10,19H,7-9H2,1-6H3,(H,16,17,18). The molecule has 1 atom stereocenters. The van der Waals surface area contributed by atoms with E-state index in [1.54, 1.807) is 11.8 Å². The van der Waals surface area contributed by atoms with Gasteiger partial charge in [-0.25, -0.2) is 9.97 Å². The molecular formula is C15H27N3OS. The van der Waals surface area contributed by atoms with Gasteiger partial charge in [-0.05, 0) is 20.3 Å². The maximum absolute atomic E-state index is 9.05. The molecule has 114 valence electrons. The van der Waals surface area contributed by atoms with Crippen molar-refractivity contribution in [1.29, 1.82) is 0 Å². The van der Waals surface area contributed by atoms with Gasteiger partial charge in [0.2, 0.25) is 0 Å². The van der Waals surface area contributed by atoms with Crippen molar-refractivity contribution >= 4 is 17.6 Å². The molecular weight excluding hydrogens is 270 g/mol. The monoisotopic (exact) mass is 297 g/mol. The van der Waals surface area contributed by atoms with Gasteiger partial charge < -0.3 is 10.4 Å². The van der Waals surface area contributed by atoms with Gasteiger partial charge in [0.15, 0.2) is 0 Å². The van der Waals surface area contributed by atoms with E-state index in [0.29, 0.717) is 5.25 Å². The van der Waals surface area contributed by atoms with E-state index in [1.165, 1.54) is 0 Å². The first-order valence-corrected chi connectivity index (χ1v) is 8.08. The molecule has 0 aliphatic rings. The molecule has 1 aromatic heterocycles. The van der Waals surface area contributed by atoms with E-state index in [4.69, 9.17) is 10.1 Å². The van der Waals surface area contributed by atoms with E-state index >= 15 is 0 Å². The number of anilines is 1. The average molecular weight is 297 g/mol. The molecule has 0 saturated carbocycles. The van der Waals surface area contributed by atoms with Crippen molar-refractivity contribution in [1.82, 2.24) is 9.97 Å². The highest BCUT2D eigenvalue weighted by molar-refractivity contribution is 7.99. The Morgan fingerprint density at radius 2 is 1.95 bits per heavy atom. The first-order valence-electron chi connectivity index (χ1n) is 7.20. The second-order valence-corrected chi connectivity index (χ2v) is 7.47. The van der Waals surface area contributed by atoms with Crippen LogP contribution in [0, 0.1) is 6.92 Å². The molecule has 0 spiro atoms. The fourth-order valence-corrected chi connectivity index (χ4v) is 2.73. The summed E-state index contributed by atoms with van der Waals surface area (Å²) in [6.07, 6.45) is 0.773. The summed E-state index contributed by atoms with van der Waals surface area (Å²) in [6, 6.07) is 0. The number of nitrogens with one attached hydrogen (secondary N) is 1. The topological polar surface area (TPSA) is 58.0 Å². The van der Waals surface area contributed by atoms with Gasteiger partial charge in [0.1, 0.15) is 16.7 Å². The molecule has 0 aliphatic carbocycles. The van der Waals surface area contributed by atoms with Gasteiger partial charge in [0.05, 0.1) is 0 Å². The van der Waals surface area contributed by atoms with E-state index in [0.717, 1.165) is 35.2 Å². The lowest BCUT2D eigenvalue weighted by atomic mass is 9.95. The van der Waals surface area contributed by atoms with Gasteiger partial charge in [-0.2, -0.15) is 0 Å². The Kier molecular flexibility index (Phi) is 6.27. The number of aliphatic hydroxyl groups is 1. The minimum Gasteiger partial charge on any atom is -0.396 e. The Hall–Kier alpha value is -0.810. The summed E-state index contributed by atoms with van der Waals surface area (Å²) in [6.45, 7) is 13.7. The number of aliphatic hydroxyl groups excluding tert-OH is 1. The highest BCUT2D eigenvalue weighted by atomic mass is 32.2. The van der Waals surface area contributed by atoms with E-state index in [9.17, 15) is 0 Å². The quantitative estimate of drug-likeness (QED) is 0.623. The first-order chi connectivity index (χ1) is 9.29. The summed E-state index contributed by atoms with van der Waals surface area (Å²) in [5.74, 6) is 1.78. The number of rotatable bonds is 6. The molecule has 20 heavy (non-hydrogen) atoms. The van der Waals surface area contributed by atoms with Crippen LogP contribution in [0.15, 0.2) is 5.03 Å². The van der Waals surface area contributed by atoms with Gasteiger partial charge in [-0.1, -0.05) is 27.7 Å². The number of hydrogen-bond acceptors (Lipinski definition) is 5. The lowest BCUT2D eigenvalue weighted by molar-refractivity contribution is 0.289. The average Bonchev–Trinajstić information content (AvgIpc) is 2.33. The van der Waals surface area contributed by atoms with Crippen molar-refractivity contribution in [3.8, 4) is 0 Å². The molecule has 1 aromatic rings. The van der Waals surface area contributed by atoms with E-state index in [2.05, 4.69) is 51.8 Å². The Bertz CT molecular complexity index is 443. The van der Waals surface area contributed by atoms with Crippen LogP contribution < -0.4 is 5.32 Å². The summed E-state index contributed by atoms with van der Waals surface area (Å²) >= 11 is 1.71. The van der Waals surface area contributed by atoms with E-state index in [1.807, 2.05) is 0 Å². The van der Waals surface area contributed by atoms with Crippen molar-refractivity contribution < 1.29 is 5.11 Å². The van der Waals surface area contributed by atoms with E-state index in [-0.39, 0.29) is 12.0 Å². The van der Waals surface area contributed by atoms with Crippen molar-refractivity contribution in [3.63, 3.8) is 0 Å². The van der Waals surface area contributed by atoms with Crippen molar-refractivity contribution in [2.24, 2.45) is 0 Å². The number of aromatic nitrogens is 2. The van der Waals surface area contributed by atoms with Gasteiger partial charge >= 0.3 is 0 Å². The summed E-state index contributed by atoms with van der Waals surface area (Å²) in [7, 11) is 0. The molecule has 4 nitrogen and oxygen atoms in total. The molecule has 0 saturated heterocycles. The number of nitrogens with zero attached hydrogens (tertiary/aromatic N) is 2. The molecule has 0 amide bonds. The number of hydrogen-bond donors (Lipinski definition) is 2. The molecule has 1 unspecified atom stereocenters. The molecule has 0 aromatic carbocycles. The van der Waals surface area contributed by atoms with Gasteiger partial charge in [0.25, 0.3) is 0 Å². The Labute approximate surface area is 126 Å². The minimum atomic E-state index is -0.0760. The minimum absolute atomic E-state index is 0.0760. The summed E-state index contributed by atoms with van der Waals surface area (Å²) in [5, 5.41) is 13.7. The molecule has 0 aliphatic heterocycles. The lowest BCUT2D eigenvalue weighted by Gasteiger charge is -2.21. The van der Waals surface area contributed by atoms with Crippen LogP contribution in [-0.2, 0) is 5.41 Å². The van der Waals surface area contributed by atoms with Crippen LogP contribution in [0.25, 0.3) is 0 Å². The molecule has 0 radical (unpaired) electrons. The fourth-order valence-electron chi connectivity index (χ4n) is 1.72. The lowest BCUT2D eigenvalue weighted by Crippen LogP contribution is -2.19. The maximum Gasteiger partial charge on any atom is 0.137 e. The third kappa shape index (κ3) is 4.63. The molecule has 1 heterocycles. The number of thioether (sulfide) groups is 1. The fraction of sp³-hybridized carbons (Fsp3) is 0.733. The Morgan fingerprint density at radius 3 is 2.45 bits per heavy atom. The third-order valence-corrected chi connectivity index (χ3v) is 4.22. The molecule has 0 bridgehead atoms. The van der Waals surface area contributed by atoms with Gasteiger partial charge in [-0.3, -0.25) is 0 Å². The molecule has 2 N–H and O–H groups in total. The Morgan fingerprint density at radius 1 is 1.30 bits per heavy atom. The SMILES string of the molecule is CCNc1nc(C(C)(C)C)nc(SC(C)CCO)c1C. The highest BCUT2D eigenvalue weighted by Crippen LogP contribution is 2.32. The summed E-state index contributed by atoms with van der Waals surface area (Å²) in [4.78, 5) is 9.40. The van der Waals surface area contributed by atoms with Crippen LogP contribution in [0.2, 0.25) is 0 Å². The third-order valence-electron chi connectivity index (χ3n) is 2.96. The zero-order chi connectivity index (χ0) is 15.3. The predicted octanol–water partition coefficient (Wildman–Crippen LogP) is 3.38. The highest BCUT2D eigenvalue weighted by Gasteiger charge is 2.22. The van der Waals surface area contributed by atoms with Gasteiger partial charge in [-0.15, -0.1) is 11.8 Å². The van der Waals surface area contributed by atoms with Crippen LogP contribution in [0.5, 0.6) is 0 Å². The van der Waals surface area contributed by atoms with E-state index < -0.39 is 0 Å². The largest absolute Gasteiger partial charge is 0.396 e. The predicted molar refractivity (Wildman–Crippen MR) is 86.7 cm³/mol. The summed E-state index contributed by atoms with van der Waals surface area (Å²) in [5.41, 5.74) is 1.02. The van der Waals surface area contributed by atoms with Gasteiger partial charge in [0, 0.05) is 29.4 Å². The first kappa shape index (κ1) is 17.2. The maximum atomic E-state index is 9.05. The zero-order valence-electron chi connectivity index (χ0n) is 13.4.